The minimum absolute atomic E-state index is 0.186. The number of nitrogens with zero attached hydrogens (tertiary/aromatic N) is 3. The van der Waals surface area contributed by atoms with E-state index < -0.39 is 11.9 Å². The summed E-state index contributed by atoms with van der Waals surface area (Å²) in [5.74, 6) is 0.806. The monoisotopic (exact) mass is 422 g/mol. The molecule has 2 heterocycles. The molecule has 0 bridgehead atoms. The Hall–Kier alpha value is -2.17. The highest BCUT2D eigenvalue weighted by Crippen LogP contribution is 2.23. The van der Waals surface area contributed by atoms with Crippen molar-refractivity contribution in [1.82, 2.24) is 10.2 Å². The first-order valence-electron chi connectivity index (χ1n) is 8.53. The smallest absolute Gasteiger partial charge is 0.331 e. The molecule has 1 amide bonds. The second-order valence-electron chi connectivity index (χ2n) is 5.97. The molecule has 10 heteroatoms. The van der Waals surface area contributed by atoms with Crippen LogP contribution in [0.15, 0.2) is 39.4 Å². The molecular formula is C18H19FN4O3S2. The lowest BCUT2D eigenvalue weighted by atomic mass is 10.1. The number of ether oxygens (including phenoxy) is 1. The Morgan fingerprint density at radius 1 is 1.39 bits per heavy atom. The molecule has 28 heavy (non-hydrogen) atoms. The lowest BCUT2D eigenvalue weighted by Gasteiger charge is -2.26. The van der Waals surface area contributed by atoms with Crippen molar-refractivity contribution in [3.8, 4) is 0 Å². The van der Waals surface area contributed by atoms with Gasteiger partial charge in [-0.2, -0.15) is 16.9 Å². The fourth-order valence-electron chi connectivity index (χ4n) is 2.62. The topological polar surface area (TPSA) is 83.4 Å². The first-order valence-corrected chi connectivity index (χ1v) is 10.5. The van der Waals surface area contributed by atoms with E-state index in [1.807, 2.05) is 11.8 Å². The molecule has 2 aliphatic rings. The van der Waals surface area contributed by atoms with Crippen LogP contribution in [0, 0.1) is 5.82 Å². The number of rotatable bonds is 5. The number of benzene rings is 1. The number of carbonyl (C=O) groups is 2. The maximum absolute atomic E-state index is 13.7. The van der Waals surface area contributed by atoms with E-state index in [2.05, 4.69) is 25.2 Å². The van der Waals surface area contributed by atoms with Gasteiger partial charge >= 0.3 is 5.97 Å². The van der Waals surface area contributed by atoms with E-state index in [-0.39, 0.29) is 15.9 Å². The molecular weight excluding hydrogens is 403 g/mol. The van der Waals surface area contributed by atoms with Crippen molar-refractivity contribution in [2.24, 2.45) is 10.2 Å². The van der Waals surface area contributed by atoms with Crippen molar-refractivity contribution in [2.75, 3.05) is 31.7 Å². The van der Waals surface area contributed by atoms with E-state index in [9.17, 15) is 14.0 Å². The van der Waals surface area contributed by atoms with Crippen molar-refractivity contribution >= 4 is 46.8 Å². The molecule has 0 aliphatic carbocycles. The van der Waals surface area contributed by atoms with Crippen LogP contribution in [0.5, 0.6) is 0 Å². The number of hydrogen-bond donors (Lipinski definition) is 1. The molecule has 1 aromatic rings. The van der Waals surface area contributed by atoms with Gasteiger partial charge in [0.05, 0.1) is 18.2 Å². The molecule has 0 aromatic heterocycles. The highest BCUT2D eigenvalue weighted by Gasteiger charge is 2.25. The molecule has 0 unspecified atom stereocenters. The van der Waals surface area contributed by atoms with Crippen LogP contribution < -0.4 is 5.32 Å². The summed E-state index contributed by atoms with van der Waals surface area (Å²) in [5.41, 5.74) is 1.61. The number of hydrogen-bond acceptors (Lipinski definition) is 8. The molecule has 3 rings (SSSR count). The summed E-state index contributed by atoms with van der Waals surface area (Å²) in [6, 6.07) is 4.56. The summed E-state index contributed by atoms with van der Waals surface area (Å²) in [6.45, 7) is 2.59. The zero-order valence-corrected chi connectivity index (χ0v) is 16.8. The van der Waals surface area contributed by atoms with Gasteiger partial charge < -0.3 is 4.74 Å². The van der Waals surface area contributed by atoms with Crippen LogP contribution in [-0.2, 0) is 20.9 Å². The second-order valence-corrected chi connectivity index (χ2v) is 8.22. The number of nitrogens with one attached hydrogen (secondary N) is 1. The molecule has 7 nitrogen and oxygen atoms in total. The fraction of sp³-hybridized carbons (Fsp3) is 0.333. The molecule has 2 saturated heterocycles. The van der Waals surface area contributed by atoms with Gasteiger partial charge in [-0.05, 0) is 35.0 Å². The van der Waals surface area contributed by atoms with Crippen molar-refractivity contribution < 1.29 is 18.7 Å². The predicted molar refractivity (Wildman–Crippen MR) is 110 cm³/mol. The van der Waals surface area contributed by atoms with Crippen LogP contribution in [0.1, 0.15) is 11.1 Å². The van der Waals surface area contributed by atoms with E-state index in [0.29, 0.717) is 6.54 Å². The Bertz CT molecular complexity index is 851. The Balaban J connectivity index is 1.70. The SMILES string of the molecule is COC(=O)/C=C1/S/C(=N\N=Cc2ccc(F)cc2CN2CCSCC2)NC1=O. The molecule has 2 fully saturated rings. The summed E-state index contributed by atoms with van der Waals surface area (Å²) in [5, 5.41) is 10.8. The lowest BCUT2D eigenvalue weighted by Crippen LogP contribution is -2.32. The van der Waals surface area contributed by atoms with Crippen LogP contribution in [0.3, 0.4) is 0 Å². The van der Waals surface area contributed by atoms with Gasteiger partial charge in [0.25, 0.3) is 5.91 Å². The minimum atomic E-state index is -0.616. The van der Waals surface area contributed by atoms with E-state index in [4.69, 9.17) is 0 Å². The number of methoxy groups -OCH3 is 1. The standard InChI is InChI=1S/C18H19FN4O3S2/c1-26-16(24)9-15-17(25)21-18(28-15)22-20-10-12-2-3-14(19)8-13(12)11-23-4-6-27-7-5-23/h2-3,8-10H,4-7,11H2,1H3,(H,21,22,25)/b15-9+,20-10?. The molecule has 0 radical (unpaired) electrons. The van der Waals surface area contributed by atoms with Crippen molar-refractivity contribution in [3.05, 3.63) is 46.1 Å². The fourth-order valence-corrected chi connectivity index (χ4v) is 4.34. The Morgan fingerprint density at radius 2 is 2.18 bits per heavy atom. The van der Waals surface area contributed by atoms with E-state index >= 15 is 0 Å². The Morgan fingerprint density at radius 3 is 2.93 bits per heavy atom. The molecule has 0 saturated carbocycles. The lowest BCUT2D eigenvalue weighted by molar-refractivity contribution is -0.135. The largest absolute Gasteiger partial charge is 0.466 e. The van der Waals surface area contributed by atoms with Gasteiger partial charge in [0.2, 0.25) is 0 Å². The maximum atomic E-state index is 13.7. The average molecular weight is 423 g/mol. The van der Waals surface area contributed by atoms with Crippen LogP contribution in [0.25, 0.3) is 0 Å². The van der Waals surface area contributed by atoms with Crippen molar-refractivity contribution in [1.29, 1.82) is 0 Å². The molecule has 148 valence electrons. The van der Waals surface area contributed by atoms with Crippen molar-refractivity contribution in [2.45, 2.75) is 6.54 Å². The van der Waals surface area contributed by atoms with Gasteiger partial charge in [0.1, 0.15) is 5.82 Å². The minimum Gasteiger partial charge on any atom is -0.466 e. The highest BCUT2D eigenvalue weighted by molar-refractivity contribution is 8.18. The van der Waals surface area contributed by atoms with Crippen LogP contribution in [0.4, 0.5) is 4.39 Å². The molecule has 2 aliphatic heterocycles. The van der Waals surface area contributed by atoms with Crippen molar-refractivity contribution in [3.63, 3.8) is 0 Å². The van der Waals surface area contributed by atoms with Gasteiger partial charge in [-0.1, -0.05) is 6.07 Å². The number of amides is 1. The Labute approximate surface area is 170 Å². The summed E-state index contributed by atoms with van der Waals surface area (Å²) in [7, 11) is 1.24. The van der Waals surface area contributed by atoms with E-state index in [0.717, 1.165) is 53.6 Å². The molecule has 0 atom stereocenters. The second kappa shape index (κ2) is 9.85. The molecule has 1 aromatic carbocycles. The first kappa shape index (κ1) is 20.6. The number of amidine groups is 1. The van der Waals surface area contributed by atoms with Crippen LogP contribution >= 0.6 is 23.5 Å². The first-order chi connectivity index (χ1) is 13.5. The third-order valence-corrected chi connectivity index (χ3v) is 5.89. The zero-order chi connectivity index (χ0) is 19.9. The highest BCUT2D eigenvalue weighted by atomic mass is 32.2. The van der Waals surface area contributed by atoms with Gasteiger partial charge in [0.15, 0.2) is 5.17 Å². The summed E-state index contributed by atoms with van der Waals surface area (Å²) in [6.07, 6.45) is 2.64. The maximum Gasteiger partial charge on any atom is 0.331 e. The van der Waals surface area contributed by atoms with Crippen LogP contribution in [0.2, 0.25) is 0 Å². The number of thioether (sulfide) groups is 2. The predicted octanol–water partition coefficient (Wildman–Crippen LogP) is 1.98. The quantitative estimate of drug-likeness (QED) is 0.338. The zero-order valence-electron chi connectivity index (χ0n) is 15.2. The Kier molecular flexibility index (Phi) is 7.24. The third kappa shape index (κ3) is 5.66. The van der Waals surface area contributed by atoms with E-state index in [1.54, 1.807) is 6.07 Å². The van der Waals surface area contributed by atoms with Gasteiger partial charge in [0, 0.05) is 37.2 Å². The summed E-state index contributed by atoms with van der Waals surface area (Å²) >= 11 is 2.92. The summed E-state index contributed by atoms with van der Waals surface area (Å²) < 4.78 is 18.2. The van der Waals surface area contributed by atoms with Gasteiger partial charge in [-0.15, -0.1) is 5.10 Å². The summed E-state index contributed by atoms with van der Waals surface area (Å²) in [4.78, 5) is 25.5. The normalized spacial score (nSPS) is 20.9. The molecule has 1 N–H and O–H groups in total. The number of carbonyl (C=O) groups excluding carboxylic acids is 2. The van der Waals surface area contributed by atoms with Crippen LogP contribution in [-0.4, -0.2) is 59.9 Å². The third-order valence-electron chi connectivity index (χ3n) is 4.05. The molecule has 0 spiro atoms. The van der Waals surface area contributed by atoms with Gasteiger partial charge in [-0.3, -0.25) is 15.0 Å². The van der Waals surface area contributed by atoms with Gasteiger partial charge in [-0.25, -0.2) is 9.18 Å². The number of halogens is 1. The van der Waals surface area contributed by atoms with E-state index in [1.165, 1.54) is 25.5 Å². The number of esters is 1. The average Bonchev–Trinajstić information content (AvgIpc) is 3.03.